The molecule has 3 aromatic rings. The van der Waals surface area contributed by atoms with Gasteiger partial charge in [0.2, 0.25) is 0 Å². The summed E-state index contributed by atoms with van der Waals surface area (Å²) in [6.45, 7) is 0.659. The fourth-order valence-corrected chi connectivity index (χ4v) is 4.20. The average Bonchev–Trinajstić information content (AvgIpc) is 3.66. The van der Waals surface area contributed by atoms with Crippen LogP contribution in [0.15, 0.2) is 66.7 Å². The van der Waals surface area contributed by atoms with Gasteiger partial charge in [-0.05, 0) is 72.2 Å². The second-order valence-corrected chi connectivity index (χ2v) is 9.06. The summed E-state index contributed by atoms with van der Waals surface area (Å²) in [6.07, 6.45) is -1.98. The highest BCUT2D eigenvalue weighted by molar-refractivity contribution is 6.31. The van der Waals surface area contributed by atoms with Crippen LogP contribution in [-0.4, -0.2) is 30.8 Å². The predicted octanol–water partition coefficient (Wildman–Crippen LogP) is 7.04. The molecule has 3 aromatic carbocycles. The van der Waals surface area contributed by atoms with E-state index in [1.54, 1.807) is 36.2 Å². The maximum Gasteiger partial charge on any atom is 0.573 e. The number of carbonyl (C=O) groups is 1. The fourth-order valence-electron chi connectivity index (χ4n) is 4.03. The Kier molecular flexibility index (Phi) is 7.55. The van der Waals surface area contributed by atoms with Crippen LogP contribution in [0.1, 0.15) is 45.8 Å². The van der Waals surface area contributed by atoms with Crippen LogP contribution in [0.5, 0.6) is 5.75 Å². The van der Waals surface area contributed by atoms with Gasteiger partial charge in [0.15, 0.2) is 0 Å². The number of hydrogen-bond acceptors (Lipinski definition) is 3. The van der Waals surface area contributed by atoms with Crippen molar-refractivity contribution in [2.24, 2.45) is 0 Å². The number of amides is 1. The molecule has 0 aliphatic heterocycles. The first kappa shape index (κ1) is 24.9. The third-order valence-electron chi connectivity index (χ3n) is 5.97. The summed E-state index contributed by atoms with van der Waals surface area (Å²) in [5, 5.41) is 3.47. The normalized spacial score (nSPS) is 13.4. The Morgan fingerprint density at radius 3 is 2.46 bits per heavy atom. The minimum Gasteiger partial charge on any atom is -0.406 e. The number of alkyl halides is 3. The summed E-state index contributed by atoms with van der Waals surface area (Å²) < 4.78 is 41.9. The molecule has 0 atom stereocenters. The first-order valence-electron chi connectivity index (χ1n) is 11.4. The van der Waals surface area contributed by atoms with Gasteiger partial charge in [0, 0.05) is 30.8 Å². The molecule has 1 aliphatic carbocycles. The smallest absolute Gasteiger partial charge is 0.406 e. The van der Waals surface area contributed by atoms with Gasteiger partial charge in [-0.2, -0.15) is 0 Å². The quantitative estimate of drug-likeness (QED) is 0.341. The number of nitrogens with zero attached hydrogens (tertiary/aromatic N) is 1. The summed E-state index contributed by atoms with van der Waals surface area (Å²) in [5.41, 5.74) is 4.00. The van der Waals surface area contributed by atoms with Gasteiger partial charge in [0.25, 0.3) is 5.91 Å². The van der Waals surface area contributed by atoms with E-state index in [4.69, 9.17) is 11.6 Å². The van der Waals surface area contributed by atoms with Gasteiger partial charge in [-0.25, -0.2) is 0 Å². The van der Waals surface area contributed by atoms with Crippen molar-refractivity contribution in [1.82, 2.24) is 4.90 Å². The van der Waals surface area contributed by atoms with E-state index in [2.05, 4.69) is 22.2 Å². The summed E-state index contributed by atoms with van der Waals surface area (Å²) in [7, 11) is 1.73. The lowest BCUT2D eigenvalue weighted by atomic mass is 10.1. The van der Waals surface area contributed by atoms with Crippen LogP contribution in [0.3, 0.4) is 0 Å². The highest BCUT2D eigenvalue weighted by atomic mass is 35.5. The first-order chi connectivity index (χ1) is 16.7. The molecule has 184 valence electrons. The van der Waals surface area contributed by atoms with E-state index in [9.17, 15) is 18.0 Å². The third kappa shape index (κ3) is 6.92. The lowest BCUT2D eigenvalue weighted by Gasteiger charge is -2.25. The highest BCUT2D eigenvalue weighted by Crippen LogP contribution is 2.40. The van der Waals surface area contributed by atoms with Gasteiger partial charge in [-0.1, -0.05) is 48.0 Å². The molecule has 1 N–H and O–H groups in total. The van der Waals surface area contributed by atoms with Gasteiger partial charge in [0.05, 0.1) is 5.56 Å². The Hall–Kier alpha value is -3.19. The summed E-state index contributed by atoms with van der Waals surface area (Å²) >= 11 is 6.17. The minimum atomic E-state index is -4.76. The van der Waals surface area contributed by atoms with Crippen LogP contribution in [0, 0.1) is 0 Å². The third-order valence-corrected chi connectivity index (χ3v) is 6.21. The molecular formula is C27H26ClF3N2O2. The van der Waals surface area contributed by atoms with Crippen LogP contribution in [0.2, 0.25) is 5.02 Å². The van der Waals surface area contributed by atoms with Gasteiger partial charge >= 0.3 is 6.36 Å². The largest absolute Gasteiger partial charge is 0.573 e. The Bertz CT molecular complexity index is 1180. The molecule has 8 heteroatoms. The Morgan fingerprint density at radius 2 is 1.80 bits per heavy atom. The lowest BCUT2D eigenvalue weighted by Crippen LogP contribution is -2.33. The van der Waals surface area contributed by atoms with Gasteiger partial charge < -0.3 is 15.0 Å². The lowest BCUT2D eigenvalue weighted by molar-refractivity contribution is -0.274. The molecule has 0 saturated heterocycles. The van der Waals surface area contributed by atoms with Crippen molar-refractivity contribution < 1.29 is 22.7 Å². The van der Waals surface area contributed by atoms with Crippen LogP contribution >= 0.6 is 11.6 Å². The van der Waals surface area contributed by atoms with Crippen molar-refractivity contribution in [1.29, 1.82) is 0 Å². The summed E-state index contributed by atoms with van der Waals surface area (Å²) in [5.74, 6) is 0.138. The molecule has 0 bridgehead atoms. The number of ether oxygens (including phenoxy) is 1. The number of carbonyl (C=O) groups excluding carboxylic acids is 1. The van der Waals surface area contributed by atoms with E-state index in [1.807, 2.05) is 12.1 Å². The van der Waals surface area contributed by atoms with Crippen LogP contribution in [0.25, 0.3) is 0 Å². The Labute approximate surface area is 207 Å². The minimum absolute atomic E-state index is 0.217. The Morgan fingerprint density at radius 1 is 1.06 bits per heavy atom. The highest BCUT2D eigenvalue weighted by Gasteiger charge is 2.31. The maximum atomic E-state index is 13.6. The van der Waals surface area contributed by atoms with Crippen molar-refractivity contribution >= 4 is 23.2 Å². The standard InChI is InChI=1S/C27H26ClF3N2O2/c1-32-25-12-11-22(28)16-24(25)26(34)33(17-19-5-7-20(8-6-19)21-9-10-21)14-13-18-3-2-4-23(15-18)35-27(29,30)31/h2-8,11-12,15-16,21,32H,9-10,13-14,17H2,1H3. The van der Waals surface area contributed by atoms with Gasteiger partial charge in [-0.3, -0.25) is 4.79 Å². The molecule has 0 radical (unpaired) electrons. The molecule has 4 nitrogen and oxygen atoms in total. The average molecular weight is 503 g/mol. The van der Waals surface area contributed by atoms with E-state index in [-0.39, 0.29) is 11.7 Å². The predicted molar refractivity (Wildman–Crippen MR) is 131 cm³/mol. The maximum absolute atomic E-state index is 13.6. The monoisotopic (exact) mass is 502 g/mol. The van der Waals surface area contributed by atoms with E-state index in [1.165, 1.54) is 36.6 Å². The number of nitrogens with one attached hydrogen (secondary N) is 1. The van der Waals surface area contributed by atoms with Crippen molar-refractivity contribution in [3.05, 3.63) is 94.0 Å². The van der Waals surface area contributed by atoms with Crippen molar-refractivity contribution in [3.63, 3.8) is 0 Å². The molecule has 35 heavy (non-hydrogen) atoms. The van der Waals surface area contributed by atoms with Crippen LogP contribution in [-0.2, 0) is 13.0 Å². The van der Waals surface area contributed by atoms with E-state index >= 15 is 0 Å². The summed E-state index contributed by atoms with van der Waals surface area (Å²) in [6, 6.07) is 19.2. The van der Waals surface area contributed by atoms with Crippen molar-refractivity contribution in [3.8, 4) is 5.75 Å². The zero-order valence-electron chi connectivity index (χ0n) is 19.2. The molecule has 1 amide bonds. The molecule has 1 saturated carbocycles. The summed E-state index contributed by atoms with van der Waals surface area (Å²) in [4.78, 5) is 15.3. The van der Waals surface area contributed by atoms with Crippen LogP contribution in [0.4, 0.5) is 18.9 Å². The van der Waals surface area contributed by atoms with Gasteiger partial charge in [0.1, 0.15) is 5.75 Å². The van der Waals surface area contributed by atoms with E-state index in [0.717, 1.165) is 5.56 Å². The number of anilines is 1. The molecule has 0 unspecified atom stereocenters. The topological polar surface area (TPSA) is 41.6 Å². The fraction of sp³-hybridized carbons (Fsp3) is 0.296. The molecule has 0 spiro atoms. The molecule has 0 heterocycles. The second kappa shape index (κ2) is 10.6. The molecule has 1 fully saturated rings. The zero-order chi connectivity index (χ0) is 25.0. The number of hydrogen-bond donors (Lipinski definition) is 1. The Balaban J connectivity index is 1.55. The SMILES string of the molecule is CNc1ccc(Cl)cc1C(=O)N(CCc1cccc(OC(F)(F)F)c1)Cc1ccc(C2CC2)cc1. The van der Waals surface area contributed by atoms with E-state index in [0.29, 0.717) is 47.3 Å². The second-order valence-electron chi connectivity index (χ2n) is 8.63. The number of rotatable bonds is 9. The van der Waals surface area contributed by atoms with Crippen molar-refractivity contribution in [2.45, 2.75) is 38.1 Å². The van der Waals surface area contributed by atoms with Crippen molar-refractivity contribution in [2.75, 3.05) is 18.9 Å². The number of benzene rings is 3. The van der Waals surface area contributed by atoms with Gasteiger partial charge in [-0.15, -0.1) is 13.2 Å². The first-order valence-corrected chi connectivity index (χ1v) is 11.8. The van der Waals surface area contributed by atoms with Crippen LogP contribution < -0.4 is 10.1 Å². The van der Waals surface area contributed by atoms with E-state index < -0.39 is 6.36 Å². The molecule has 1 aliphatic rings. The molecule has 4 rings (SSSR count). The molecule has 0 aromatic heterocycles. The zero-order valence-corrected chi connectivity index (χ0v) is 20.0. The number of halogens is 4. The molecular weight excluding hydrogens is 477 g/mol.